The molecule has 0 bridgehead atoms. The van der Waals surface area contributed by atoms with Crippen molar-refractivity contribution in [2.45, 2.75) is 0 Å². The molecule has 0 unspecified atom stereocenters. The molecule has 18 heavy (non-hydrogen) atoms. The van der Waals surface area contributed by atoms with Gasteiger partial charge in [-0.2, -0.15) is 9.61 Å². The van der Waals surface area contributed by atoms with E-state index in [1.165, 1.54) is 0 Å². The molecule has 0 spiro atoms. The molecule has 0 saturated heterocycles. The summed E-state index contributed by atoms with van der Waals surface area (Å²) in [5, 5.41) is 7.40. The van der Waals surface area contributed by atoms with Crippen LogP contribution in [0, 0.1) is 0 Å². The summed E-state index contributed by atoms with van der Waals surface area (Å²) in [6, 6.07) is 11.0. The van der Waals surface area contributed by atoms with E-state index in [1.54, 1.807) is 22.8 Å². The van der Waals surface area contributed by atoms with Gasteiger partial charge in [-0.3, -0.25) is 0 Å². The van der Waals surface area contributed by atoms with Gasteiger partial charge >= 0.3 is 0 Å². The molecule has 0 radical (unpaired) electrons. The number of hydrogen-bond donors (Lipinski definition) is 3. The highest BCUT2D eigenvalue weighted by Gasteiger charge is 2.05. The van der Waals surface area contributed by atoms with E-state index in [1.807, 2.05) is 24.3 Å². The van der Waals surface area contributed by atoms with Gasteiger partial charge in [0.2, 0.25) is 0 Å². The second-order valence-electron chi connectivity index (χ2n) is 3.92. The molecule has 6 heteroatoms. The Bertz CT molecular complexity index is 703. The maximum Gasteiger partial charge on any atom is 0.159 e. The Morgan fingerprint density at radius 2 is 2.00 bits per heavy atom. The average molecular weight is 240 g/mol. The zero-order chi connectivity index (χ0) is 12.5. The number of nitrogens with one attached hydrogen (secondary N) is 1. The summed E-state index contributed by atoms with van der Waals surface area (Å²) in [4.78, 5) is 4.17. The van der Waals surface area contributed by atoms with Crippen molar-refractivity contribution in [3.05, 3.63) is 42.6 Å². The molecule has 0 aliphatic heterocycles. The zero-order valence-electron chi connectivity index (χ0n) is 9.54. The Hall–Kier alpha value is -2.76. The van der Waals surface area contributed by atoms with E-state index in [2.05, 4.69) is 15.4 Å². The number of nitrogens with two attached hydrogens (primary N) is 2. The number of hydrogen-bond acceptors (Lipinski definition) is 5. The predicted octanol–water partition coefficient (Wildman–Crippen LogP) is 1.64. The summed E-state index contributed by atoms with van der Waals surface area (Å²) in [6.07, 6.45) is 1.67. The molecule has 2 aromatic heterocycles. The number of nitrogen functional groups attached to an aromatic ring is 2. The van der Waals surface area contributed by atoms with E-state index in [4.69, 9.17) is 11.5 Å². The van der Waals surface area contributed by atoms with E-state index < -0.39 is 0 Å². The fraction of sp³-hybridized carbons (Fsp3) is 0. The molecule has 0 atom stereocenters. The van der Waals surface area contributed by atoms with Gasteiger partial charge in [-0.25, -0.2) is 4.98 Å². The molecule has 1 aromatic carbocycles. The Kier molecular flexibility index (Phi) is 2.26. The molecule has 0 amide bonds. The van der Waals surface area contributed by atoms with Crippen LogP contribution in [0.25, 0.3) is 5.65 Å². The Balaban J connectivity index is 2.06. The fourth-order valence-electron chi connectivity index (χ4n) is 1.79. The first-order valence-electron chi connectivity index (χ1n) is 5.45. The largest absolute Gasteiger partial charge is 0.399 e. The summed E-state index contributed by atoms with van der Waals surface area (Å²) in [5.74, 6) is 1.18. The standard InChI is InChI=1S/C12H12N6/c13-8-2-1-3-9(6-8)16-12-7-10(14)17-11-4-5-15-18(11)12/h1-7,16H,13H2,(H2,14,17). The lowest BCUT2D eigenvalue weighted by Gasteiger charge is -2.09. The van der Waals surface area contributed by atoms with Crippen LogP contribution in [0.1, 0.15) is 0 Å². The van der Waals surface area contributed by atoms with Crippen LogP contribution in [0.3, 0.4) is 0 Å². The van der Waals surface area contributed by atoms with Gasteiger partial charge in [-0.1, -0.05) is 6.07 Å². The lowest BCUT2D eigenvalue weighted by atomic mass is 10.3. The molecule has 5 N–H and O–H groups in total. The van der Waals surface area contributed by atoms with Crippen LogP contribution in [-0.4, -0.2) is 14.6 Å². The van der Waals surface area contributed by atoms with E-state index in [0.717, 1.165) is 11.5 Å². The van der Waals surface area contributed by atoms with Crippen molar-refractivity contribution in [2.75, 3.05) is 16.8 Å². The van der Waals surface area contributed by atoms with Crippen molar-refractivity contribution >= 4 is 28.7 Å². The quantitative estimate of drug-likeness (QED) is 0.592. The maximum atomic E-state index is 5.75. The summed E-state index contributed by atoms with van der Waals surface area (Å²) in [7, 11) is 0. The fourth-order valence-corrected chi connectivity index (χ4v) is 1.79. The minimum Gasteiger partial charge on any atom is -0.399 e. The van der Waals surface area contributed by atoms with Gasteiger partial charge in [-0.15, -0.1) is 0 Å². The van der Waals surface area contributed by atoms with Crippen molar-refractivity contribution in [2.24, 2.45) is 0 Å². The van der Waals surface area contributed by atoms with E-state index >= 15 is 0 Å². The predicted molar refractivity (Wildman–Crippen MR) is 71.5 cm³/mol. The molecular formula is C12H12N6. The van der Waals surface area contributed by atoms with E-state index in [9.17, 15) is 0 Å². The van der Waals surface area contributed by atoms with Gasteiger partial charge in [0.1, 0.15) is 11.6 Å². The average Bonchev–Trinajstić information content (AvgIpc) is 2.77. The van der Waals surface area contributed by atoms with Gasteiger partial charge in [0.15, 0.2) is 5.65 Å². The smallest absolute Gasteiger partial charge is 0.159 e. The number of aromatic nitrogens is 3. The molecule has 90 valence electrons. The monoisotopic (exact) mass is 240 g/mol. The number of nitrogens with zero attached hydrogens (tertiary/aromatic N) is 3. The van der Waals surface area contributed by atoms with Crippen molar-refractivity contribution < 1.29 is 0 Å². The van der Waals surface area contributed by atoms with Crippen LogP contribution in [0.4, 0.5) is 23.0 Å². The van der Waals surface area contributed by atoms with Crippen LogP contribution < -0.4 is 16.8 Å². The number of rotatable bonds is 2. The Labute approximate surface area is 103 Å². The normalized spacial score (nSPS) is 10.7. The van der Waals surface area contributed by atoms with Gasteiger partial charge in [-0.05, 0) is 18.2 Å². The van der Waals surface area contributed by atoms with Crippen molar-refractivity contribution in [3.63, 3.8) is 0 Å². The number of benzene rings is 1. The van der Waals surface area contributed by atoms with E-state index in [0.29, 0.717) is 17.2 Å². The molecule has 2 heterocycles. The van der Waals surface area contributed by atoms with Gasteiger partial charge in [0.05, 0.1) is 6.20 Å². The van der Waals surface area contributed by atoms with Crippen molar-refractivity contribution in [1.29, 1.82) is 0 Å². The Morgan fingerprint density at radius 3 is 2.83 bits per heavy atom. The third-order valence-electron chi connectivity index (χ3n) is 2.54. The molecule has 0 aliphatic rings. The molecule has 0 aliphatic carbocycles. The highest BCUT2D eigenvalue weighted by Crippen LogP contribution is 2.20. The van der Waals surface area contributed by atoms with Crippen LogP contribution in [-0.2, 0) is 0 Å². The topological polar surface area (TPSA) is 94.3 Å². The molecule has 0 fully saturated rings. The first kappa shape index (κ1) is 10.4. The third-order valence-corrected chi connectivity index (χ3v) is 2.54. The van der Waals surface area contributed by atoms with Crippen molar-refractivity contribution in [3.8, 4) is 0 Å². The third kappa shape index (κ3) is 1.80. The molecule has 3 aromatic rings. The maximum absolute atomic E-state index is 5.75. The van der Waals surface area contributed by atoms with Crippen LogP contribution >= 0.6 is 0 Å². The van der Waals surface area contributed by atoms with Crippen LogP contribution in [0.2, 0.25) is 0 Å². The molecule has 3 rings (SSSR count). The summed E-state index contributed by atoms with van der Waals surface area (Å²) in [6.45, 7) is 0. The minimum absolute atomic E-state index is 0.439. The van der Waals surface area contributed by atoms with Crippen molar-refractivity contribution in [1.82, 2.24) is 14.6 Å². The summed E-state index contributed by atoms with van der Waals surface area (Å²) < 4.78 is 1.68. The van der Waals surface area contributed by atoms with E-state index in [-0.39, 0.29) is 0 Å². The van der Waals surface area contributed by atoms with Crippen LogP contribution in [0.15, 0.2) is 42.6 Å². The summed E-state index contributed by atoms with van der Waals surface area (Å²) >= 11 is 0. The second-order valence-corrected chi connectivity index (χ2v) is 3.92. The van der Waals surface area contributed by atoms with Gasteiger partial charge < -0.3 is 16.8 Å². The highest BCUT2D eigenvalue weighted by atomic mass is 15.3. The van der Waals surface area contributed by atoms with Gasteiger partial charge in [0.25, 0.3) is 0 Å². The molecule has 6 nitrogen and oxygen atoms in total. The lowest BCUT2D eigenvalue weighted by molar-refractivity contribution is 0.949. The first-order chi connectivity index (χ1) is 8.72. The first-order valence-corrected chi connectivity index (χ1v) is 5.45. The molecular weight excluding hydrogens is 228 g/mol. The van der Waals surface area contributed by atoms with Crippen LogP contribution in [0.5, 0.6) is 0 Å². The lowest BCUT2D eigenvalue weighted by Crippen LogP contribution is -2.03. The Morgan fingerprint density at radius 1 is 1.11 bits per heavy atom. The molecule has 0 saturated carbocycles. The number of fused-ring (bicyclic) bond motifs is 1. The number of anilines is 4. The summed E-state index contributed by atoms with van der Waals surface area (Å²) in [5.41, 5.74) is 13.7. The SMILES string of the molecule is Nc1cccc(Nc2cc(N)nc3ccnn23)c1. The zero-order valence-corrected chi connectivity index (χ0v) is 9.54. The van der Waals surface area contributed by atoms with Gasteiger partial charge in [0, 0.05) is 23.5 Å². The minimum atomic E-state index is 0.439. The second kappa shape index (κ2) is 3.92. The highest BCUT2D eigenvalue weighted by molar-refractivity contribution is 5.65.